The molecule has 0 atom stereocenters. The van der Waals surface area contributed by atoms with Crippen molar-refractivity contribution in [1.29, 1.82) is 0 Å². The largest absolute Gasteiger partial charge is 0.491 e. The van der Waals surface area contributed by atoms with E-state index in [-0.39, 0.29) is 24.0 Å². The fourth-order valence-electron chi connectivity index (χ4n) is 1.64. The molecular formula is C15H26IN3O2. The zero-order valence-corrected chi connectivity index (χ0v) is 15.3. The molecule has 120 valence electrons. The SMILES string of the molecule is CCCNC(N)=NCc1ccc(C)cc1OCCOC.I. The van der Waals surface area contributed by atoms with Crippen molar-refractivity contribution in [3.05, 3.63) is 29.3 Å². The average Bonchev–Trinajstić information content (AvgIpc) is 2.44. The molecule has 6 heteroatoms. The van der Waals surface area contributed by atoms with E-state index in [0.29, 0.717) is 25.7 Å². The number of aliphatic imine (C=N–C) groups is 1. The molecule has 5 nitrogen and oxygen atoms in total. The average molecular weight is 407 g/mol. The van der Waals surface area contributed by atoms with Gasteiger partial charge in [-0.15, -0.1) is 24.0 Å². The van der Waals surface area contributed by atoms with Crippen LogP contribution in [0.2, 0.25) is 0 Å². The number of nitrogens with one attached hydrogen (secondary N) is 1. The van der Waals surface area contributed by atoms with E-state index in [1.165, 1.54) is 0 Å². The second-order valence-corrected chi connectivity index (χ2v) is 4.58. The Kier molecular flexibility index (Phi) is 11.1. The number of guanidine groups is 1. The van der Waals surface area contributed by atoms with Gasteiger partial charge in [0.05, 0.1) is 13.2 Å². The first kappa shape index (κ1) is 20.0. The third kappa shape index (κ3) is 8.11. The van der Waals surface area contributed by atoms with E-state index in [0.717, 1.165) is 29.8 Å². The van der Waals surface area contributed by atoms with Crippen molar-refractivity contribution in [1.82, 2.24) is 5.32 Å². The third-order valence-electron chi connectivity index (χ3n) is 2.74. The van der Waals surface area contributed by atoms with Gasteiger partial charge in [-0.05, 0) is 25.0 Å². The number of aryl methyl sites for hydroxylation is 1. The highest BCUT2D eigenvalue weighted by atomic mass is 127. The maximum atomic E-state index is 5.79. The summed E-state index contributed by atoms with van der Waals surface area (Å²) in [5, 5.41) is 3.05. The highest BCUT2D eigenvalue weighted by Gasteiger charge is 2.04. The summed E-state index contributed by atoms with van der Waals surface area (Å²) in [6.07, 6.45) is 1.02. The van der Waals surface area contributed by atoms with E-state index in [4.69, 9.17) is 15.2 Å². The minimum absolute atomic E-state index is 0. The van der Waals surface area contributed by atoms with Gasteiger partial charge in [0, 0.05) is 19.2 Å². The molecule has 0 radical (unpaired) electrons. The number of benzene rings is 1. The molecule has 0 aromatic heterocycles. The number of nitrogens with two attached hydrogens (primary N) is 1. The van der Waals surface area contributed by atoms with Crippen LogP contribution in [0, 0.1) is 6.92 Å². The molecule has 0 bridgehead atoms. The molecule has 0 aliphatic carbocycles. The number of halogens is 1. The smallest absolute Gasteiger partial charge is 0.188 e. The summed E-state index contributed by atoms with van der Waals surface area (Å²) in [5.74, 6) is 1.31. The highest BCUT2D eigenvalue weighted by Crippen LogP contribution is 2.21. The van der Waals surface area contributed by atoms with E-state index in [9.17, 15) is 0 Å². The summed E-state index contributed by atoms with van der Waals surface area (Å²) in [6, 6.07) is 6.08. The summed E-state index contributed by atoms with van der Waals surface area (Å²) in [5.41, 5.74) is 7.96. The molecule has 1 rings (SSSR count). The Labute approximate surface area is 144 Å². The zero-order chi connectivity index (χ0) is 14.8. The molecule has 0 heterocycles. The van der Waals surface area contributed by atoms with Gasteiger partial charge in [-0.25, -0.2) is 4.99 Å². The minimum Gasteiger partial charge on any atom is -0.491 e. The fraction of sp³-hybridized carbons (Fsp3) is 0.533. The minimum atomic E-state index is 0. The van der Waals surface area contributed by atoms with Gasteiger partial charge in [-0.2, -0.15) is 0 Å². The summed E-state index contributed by atoms with van der Waals surface area (Å²) >= 11 is 0. The molecular weight excluding hydrogens is 381 g/mol. The molecule has 0 saturated heterocycles. The van der Waals surface area contributed by atoms with Crippen molar-refractivity contribution in [2.45, 2.75) is 26.8 Å². The molecule has 0 unspecified atom stereocenters. The maximum Gasteiger partial charge on any atom is 0.188 e. The quantitative estimate of drug-likeness (QED) is 0.301. The topological polar surface area (TPSA) is 68.9 Å². The molecule has 0 aliphatic heterocycles. The fourth-order valence-corrected chi connectivity index (χ4v) is 1.64. The van der Waals surface area contributed by atoms with Gasteiger partial charge in [0.15, 0.2) is 5.96 Å². The van der Waals surface area contributed by atoms with E-state index >= 15 is 0 Å². The van der Waals surface area contributed by atoms with Crippen LogP contribution in [0.25, 0.3) is 0 Å². The number of rotatable bonds is 8. The Morgan fingerprint density at radius 1 is 1.33 bits per heavy atom. The molecule has 0 amide bonds. The first-order valence-electron chi connectivity index (χ1n) is 6.92. The van der Waals surface area contributed by atoms with E-state index in [1.54, 1.807) is 7.11 Å². The molecule has 0 aliphatic rings. The number of nitrogens with zero attached hydrogens (tertiary/aromatic N) is 1. The van der Waals surface area contributed by atoms with Gasteiger partial charge in [0.2, 0.25) is 0 Å². The van der Waals surface area contributed by atoms with E-state index in [1.807, 2.05) is 25.1 Å². The van der Waals surface area contributed by atoms with Crippen LogP contribution in [0.3, 0.4) is 0 Å². The summed E-state index contributed by atoms with van der Waals surface area (Å²) in [4.78, 5) is 4.32. The lowest BCUT2D eigenvalue weighted by Crippen LogP contribution is -2.32. The van der Waals surface area contributed by atoms with Crippen molar-refractivity contribution in [3.63, 3.8) is 0 Å². The van der Waals surface area contributed by atoms with Crippen LogP contribution < -0.4 is 15.8 Å². The van der Waals surface area contributed by atoms with Crippen molar-refractivity contribution in [2.75, 3.05) is 26.9 Å². The molecule has 3 N–H and O–H groups in total. The van der Waals surface area contributed by atoms with Crippen LogP contribution in [-0.4, -0.2) is 32.8 Å². The zero-order valence-electron chi connectivity index (χ0n) is 13.0. The molecule has 21 heavy (non-hydrogen) atoms. The van der Waals surface area contributed by atoms with E-state index < -0.39 is 0 Å². The highest BCUT2D eigenvalue weighted by molar-refractivity contribution is 14.0. The third-order valence-corrected chi connectivity index (χ3v) is 2.74. The lowest BCUT2D eigenvalue weighted by molar-refractivity contribution is 0.146. The second-order valence-electron chi connectivity index (χ2n) is 4.58. The predicted octanol–water partition coefficient (Wildman–Crippen LogP) is 2.45. The Balaban J connectivity index is 0.00000400. The Hall–Kier alpha value is -1.02. The van der Waals surface area contributed by atoms with Crippen molar-refractivity contribution in [2.24, 2.45) is 10.7 Å². The first-order valence-corrected chi connectivity index (χ1v) is 6.92. The van der Waals surface area contributed by atoms with Crippen LogP contribution in [0.1, 0.15) is 24.5 Å². The summed E-state index contributed by atoms with van der Waals surface area (Å²) in [7, 11) is 1.66. The van der Waals surface area contributed by atoms with Gasteiger partial charge in [0.1, 0.15) is 12.4 Å². The lowest BCUT2D eigenvalue weighted by Gasteiger charge is -2.11. The van der Waals surface area contributed by atoms with Crippen molar-refractivity contribution < 1.29 is 9.47 Å². The van der Waals surface area contributed by atoms with Gasteiger partial charge in [0.25, 0.3) is 0 Å². The number of ether oxygens (including phenoxy) is 2. The summed E-state index contributed by atoms with van der Waals surface area (Å²) < 4.78 is 10.7. The van der Waals surface area contributed by atoms with Gasteiger partial charge < -0.3 is 20.5 Å². The van der Waals surface area contributed by atoms with Crippen LogP contribution in [0.4, 0.5) is 0 Å². The number of hydrogen-bond donors (Lipinski definition) is 2. The lowest BCUT2D eigenvalue weighted by atomic mass is 10.1. The Morgan fingerprint density at radius 3 is 2.76 bits per heavy atom. The normalized spacial score (nSPS) is 10.9. The summed E-state index contributed by atoms with van der Waals surface area (Å²) in [6.45, 7) is 6.55. The first-order chi connectivity index (χ1) is 9.67. The molecule has 0 saturated carbocycles. The van der Waals surface area contributed by atoms with Gasteiger partial charge in [-0.3, -0.25) is 0 Å². The number of hydrogen-bond acceptors (Lipinski definition) is 3. The van der Waals surface area contributed by atoms with E-state index in [2.05, 4.69) is 17.2 Å². The van der Waals surface area contributed by atoms with Crippen molar-refractivity contribution in [3.8, 4) is 5.75 Å². The molecule has 1 aromatic carbocycles. The Morgan fingerprint density at radius 2 is 2.10 bits per heavy atom. The molecule has 0 spiro atoms. The molecule has 0 fully saturated rings. The van der Waals surface area contributed by atoms with Gasteiger partial charge in [-0.1, -0.05) is 19.1 Å². The number of methoxy groups -OCH3 is 1. The molecule has 1 aromatic rings. The van der Waals surface area contributed by atoms with Crippen LogP contribution in [0.15, 0.2) is 23.2 Å². The monoisotopic (exact) mass is 407 g/mol. The Bertz CT molecular complexity index is 439. The second kappa shape index (κ2) is 11.6. The van der Waals surface area contributed by atoms with Crippen LogP contribution in [-0.2, 0) is 11.3 Å². The van der Waals surface area contributed by atoms with Crippen molar-refractivity contribution >= 4 is 29.9 Å². The predicted molar refractivity (Wildman–Crippen MR) is 97.6 cm³/mol. The van der Waals surface area contributed by atoms with Crippen LogP contribution in [0.5, 0.6) is 5.75 Å². The van der Waals surface area contributed by atoms with Gasteiger partial charge >= 0.3 is 0 Å². The van der Waals surface area contributed by atoms with Crippen LogP contribution >= 0.6 is 24.0 Å². The maximum absolute atomic E-state index is 5.79. The standard InChI is InChI=1S/C15H25N3O2.HI/c1-4-7-17-15(16)18-11-13-6-5-12(2)10-14(13)20-9-8-19-3;/h5-6,10H,4,7-9,11H2,1-3H3,(H3,16,17,18);1H.